The Morgan fingerprint density at radius 3 is 2.05 bits per heavy atom. The number of aliphatic carboxylic acids is 1. The normalized spacial score (nSPS) is 16.7. The van der Waals surface area contributed by atoms with Gasteiger partial charge in [0.05, 0.1) is 0 Å². The van der Waals surface area contributed by atoms with Crippen LogP contribution in [-0.4, -0.2) is 47.2 Å². The highest BCUT2D eigenvalue weighted by Gasteiger charge is 2.35. The second-order valence-electron chi connectivity index (χ2n) is 6.50. The van der Waals surface area contributed by atoms with E-state index in [1.165, 1.54) is 0 Å². The van der Waals surface area contributed by atoms with E-state index in [0.29, 0.717) is 18.4 Å². The number of carboxylic acids is 1. The molecule has 0 radical (unpaired) electrons. The number of nitrogens with zero attached hydrogens (tertiary/aromatic N) is 1. The Bertz CT molecular complexity index is 290. The van der Waals surface area contributed by atoms with Crippen LogP contribution in [0.3, 0.4) is 0 Å². The summed E-state index contributed by atoms with van der Waals surface area (Å²) in [6.45, 7) is 13.8. The molecule has 0 spiro atoms. The van der Waals surface area contributed by atoms with E-state index in [4.69, 9.17) is 0 Å². The number of carbonyl (C=O) groups is 1. The van der Waals surface area contributed by atoms with Gasteiger partial charge < -0.3 is 10.4 Å². The molecule has 120 valence electrons. The molecule has 4 nitrogen and oxygen atoms in total. The lowest BCUT2D eigenvalue weighted by molar-refractivity contribution is -0.145. The molecule has 0 saturated carbocycles. The zero-order valence-corrected chi connectivity index (χ0v) is 14.4. The maximum absolute atomic E-state index is 11.5. The molecule has 0 aromatic carbocycles. The molecule has 0 aromatic heterocycles. The van der Waals surface area contributed by atoms with Crippen molar-refractivity contribution in [2.75, 3.05) is 13.6 Å². The third kappa shape index (κ3) is 5.41. The van der Waals surface area contributed by atoms with Crippen LogP contribution in [0.4, 0.5) is 0 Å². The van der Waals surface area contributed by atoms with E-state index < -0.39 is 11.5 Å². The molecule has 2 N–H and O–H groups in total. The zero-order chi connectivity index (χ0) is 15.9. The summed E-state index contributed by atoms with van der Waals surface area (Å²) in [5, 5.41) is 12.4. The summed E-state index contributed by atoms with van der Waals surface area (Å²) in [6, 6.07) is 0.776. The molecule has 4 heteroatoms. The molecule has 0 aliphatic rings. The van der Waals surface area contributed by atoms with Crippen molar-refractivity contribution in [1.29, 1.82) is 0 Å². The quantitative estimate of drug-likeness (QED) is 0.648. The second kappa shape index (κ2) is 8.63. The third-order valence-corrected chi connectivity index (χ3v) is 4.28. The van der Waals surface area contributed by atoms with Crippen molar-refractivity contribution in [3.8, 4) is 0 Å². The molecular formula is C16H34N2O2. The predicted molar refractivity (Wildman–Crippen MR) is 85.1 cm³/mol. The molecule has 0 fully saturated rings. The number of carboxylic acid groups (broad SMARTS) is 1. The number of hydrogen-bond donors (Lipinski definition) is 2. The molecule has 0 bridgehead atoms. The molecule has 0 saturated heterocycles. The monoisotopic (exact) mass is 286 g/mol. The smallest absolute Gasteiger partial charge is 0.323 e. The summed E-state index contributed by atoms with van der Waals surface area (Å²) >= 11 is 0. The molecule has 0 aromatic rings. The summed E-state index contributed by atoms with van der Waals surface area (Å²) in [5.74, 6) is -0.190. The maximum atomic E-state index is 11.5. The number of rotatable bonds is 10. The lowest BCUT2D eigenvalue weighted by Gasteiger charge is -2.40. The minimum absolute atomic E-state index is 0.246. The van der Waals surface area contributed by atoms with Crippen molar-refractivity contribution in [1.82, 2.24) is 10.2 Å². The summed E-state index contributed by atoms with van der Waals surface area (Å²) in [7, 11) is 1.73. The first-order valence-corrected chi connectivity index (χ1v) is 7.89. The molecule has 0 heterocycles. The van der Waals surface area contributed by atoms with Gasteiger partial charge >= 0.3 is 5.97 Å². The minimum Gasteiger partial charge on any atom is -0.480 e. The lowest BCUT2D eigenvalue weighted by atomic mass is 9.91. The van der Waals surface area contributed by atoms with Gasteiger partial charge in [0, 0.05) is 18.6 Å². The van der Waals surface area contributed by atoms with Crippen LogP contribution in [0.1, 0.15) is 60.8 Å². The van der Waals surface area contributed by atoms with Gasteiger partial charge in [-0.2, -0.15) is 0 Å². The van der Waals surface area contributed by atoms with Gasteiger partial charge in [0.25, 0.3) is 0 Å². The Balaban J connectivity index is 5.03. The SMILES string of the molecule is CCC(CC)N(CC(C)C)C(C)CC(C)(NC)C(=O)O. The van der Waals surface area contributed by atoms with Crippen molar-refractivity contribution >= 4 is 5.97 Å². The van der Waals surface area contributed by atoms with Gasteiger partial charge in [0.15, 0.2) is 0 Å². The first-order chi connectivity index (χ1) is 9.21. The summed E-state index contributed by atoms with van der Waals surface area (Å²) in [6.07, 6.45) is 2.83. The third-order valence-electron chi connectivity index (χ3n) is 4.28. The second-order valence-corrected chi connectivity index (χ2v) is 6.50. The summed E-state index contributed by atoms with van der Waals surface area (Å²) < 4.78 is 0. The van der Waals surface area contributed by atoms with Crippen LogP contribution in [-0.2, 0) is 4.79 Å². The van der Waals surface area contributed by atoms with E-state index in [0.717, 1.165) is 19.4 Å². The average Bonchev–Trinajstić information content (AvgIpc) is 2.37. The van der Waals surface area contributed by atoms with Gasteiger partial charge in [0.2, 0.25) is 0 Å². The van der Waals surface area contributed by atoms with Crippen LogP contribution in [0.5, 0.6) is 0 Å². The highest BCUT2D eigenvalue weighted by atomic mass is 16.4. The fourth-order valence-corrected chi connectivity index (χ4v) is 2.87. The van der Waals surface area contributed by atoms with Crippen molar-refractivity contribution < 1.29 is 9.90 Å². The molecular weight excluding hydrogens is 252 g/mol. The van der Waals surface area contributed by atoms with E-state index in [1.807, 2.05) is 0 Å². The minimum atomic E-state index is -0.860. The van der Waals surface area contributed by atoms with E-state index in [2.05, 4.69) is 44.8 Å². The Labute approximate surface area is 124 Å². The summed E-state index contributed by atoms with van der Waals surface area (Å²) in [4.78, 5) is 13.9. The Morgan fingerprint density at radius 1 is 1.25 bits per heavy atom. The van der Waals surface area contributed by atoms with Gasteiger partial charge in [-0.05, 0) is 46.1 Å². The molecule has 2 unspecified atom stereocenters. The number of nitrogens with one attached hydrogen (secondary N) is 1. The van der Waals surface area contributed by atoms with Gasteiger partial charge in [0.1, 0.15) is 5.54 Å². The Hall–Kier alpha value is -0.610. The van der Waals surface area contributed by atoms with Crippen LogP contribution in [0.15, 0.2) is 0 Å². The topological polar surface area (TPSA) is 52.6 Å². The van der Waals surface area contributed by atoms with Crippen molar-refractivity contribution in [2.45, 2.75) is 78.4 Å². The number of likely N-dealkylation sites (N-methyl/N-ethyl adjacent to an activating group) is 1. The fraction of sp³-hybridized carbons (Fsp3) is 0.938. The lowest BCUT2D eigenvalue weighted by Crippen LogP contribution is -2.54. The highest BCUT2D eigenvalue weighted by Crippen LogP contribution is 2.22. The van der Waals surface area contributed by atoms with Gasteiger partial charge in [-0.3, -0.25) is 9.69 Å². The maximum Gasteiger partial charge on any atom is 0.323 e. The first kappa shape index (κ1) is 19.4. The Kier molecular flexibility index (Phi) is 8.36. The molecule has 0 aliphatic heterocycles. The van der Waals surface area contributed by atoms with Crippen LogP contribution < -0.4 is 5.32 Å². The van der Waals surface area contributed by atoms with Gasteiger partial charge in [-0.15, -0.1) is 0 Å². The zero-order valence-electron chi connectivity index (χ0n) is 14.4. The van der Waals surface area contributed by atoms with Gasteiger partial charge in [-0.25, -0.2) is 0 Å². The van der Waals surface area contributed by atoms with Crippen LogP contribution in [0, 0.1) is 5.92 Å². The van der Waals surface area contributed by atoms with E-state index in [1.54, 1.807) is 14.0 Å². The van der Waals surface area contributed by atoms with Crippen LogP contribution in [0.2, 0.25) is 0 Å². The highest BCUT2D eigenvalue weighted by molar-refractivity contribution is 5.78. The largest absolute Gasteiger partial charge is 0.480 e. The standard InChI is InChI=1S/C16H34N2O2/c1-8-14(9-2)18(11-12(3)4)13(5)10-16(6,17-7)15(19)20/h12-14,17H,8-11H2,1-7H3,(H,19,20). The van der Waals surface area contributed by atoms with Crippen molar-refractivity contribution in [3.63, 3.8) is 0 Å². The average molecular weight is 286 g/mol. The van der Waals surface area contributed by atoms with Crippen molar-refractivity contribution in [2.24, 2.45) is 5.92 Å². The first-order valence-electron chi connectivity index (χ1n) is 7.89. The fourth-order valence-electron chi connectivity index (χ4n) is 2.87. The summed E-state index contributed by atoms with van der Waals surface area (Å²) in [5.41, 5.74) is -0.860. The van der Waals surface area contributed by atoms with Crippen molar-refractivity contribution in [3.05, 3.63) is 0 Å². The van der Waals surface area contributed by atoms with E-state index in [-0.39, 0.29) is 6.04 Å². The van der Waals surface area contributed by atoms with E-state index >= 15 is 0 Å². The predicted octanol–water partition coefficient (Wildman–Crippen LogP) is 2.97. The Morgan fingerprint density at radius 2 is 1.75 bits per heavy atom. The van der Waals surface area contributed by atoms with E-state index in [9.17, 15) is 9.90 Å². The number of hydrogen-bond acceptors (Lipinski definition) is 3. The molecule has 0 aliphatic carbocycles. The molecule has 0 rings (SSSR count). The molecule has 2 atom stereocenters. The van der Waals surface area contributed by atoms with Gasteiger partial charge in [-0.1, -0.05) is 27.7 Å². The molecule has 0 amide bonds. The van der Waals surface area contributed by atoms with Crippen LogP contribution >= 0.6 is 0 Å². The molecule has 20 heavy (non-hydrogen) atoms. The van der Waals surface area contributed by atoms with Crippen LogP contribution in [0.25, 0.3) is 0 Å².